The molecule has 0 saturated heterocycles. The Balaban J connectivity index is 2.53. The van der Waals surface area contributed by atoms with Gasteiger partial charge in [0.05, 0.1) is 10.2 Å². The molecule has 2 N–H and O–H groups in total. The van der Waals surface area contributed by atoms with Gasteiger partial charge in [-0.2, -0.15) is 0 Å². The summed E-state index contributed by atoms with van der Waals surface area (Å²) in [5, 5.41) is 12.4. The third kappa shape index (κ3) is 1.22. The molecule has 0 aromatic heterocycles. The van der Waals surface area contributed by atoms with Crippen molar-refractivity contribution in [1.29, 1.82) is 0 Å². The Morgan fingerprint density at radius 2 is 2.33 bits per heavy atom. The molecular formula is C8H8BrNO2. The van der Waals surface area contributed by atoms with Crippen molar-refractivity contribution in [2.45, 2.75) is 0 Å². The normalized spacial score (nSPS) is 14.4. The highest BCUT2D eigenvalue weighted by molar-refractivity contribution is 9.10. The molecule has 1 aliphatic rings. The highest BCUT2D eigenvalue weighted by atomic mass is 79.9. The molecule has 0 spiro atoms. The third-order valence-electron chi connectivity index (χ3n) is 1.69. The summed E-state index contributed by atoms with van der Waals surface area (Å²) in [5.74, 6) is 1.01. The number of aromatic hydroxyl groups is 1. The van der Waals surface area contributed by atoms with Crippen molar-refractivity contribution in [3.05, 3.63) is 16.6 Å². The fourth-order valence-electron chi connectivity index (χ4n) is 1.20. The van der Waals surface area contributed by atoms with Crippen LogP contribution in [0, 0.1) is 0 Å². The summed E-state index contributed by atoms with van der Waals surface area (Å²) in [7, 11) is 0. The lowest BCUT2D eigenvalue weighted by Gasteiger charge is -2.20. The van der Waals surface area contributed by atoms with Gasteiger partial charge in [0.15, 0.2) is 5.75 Å². The molecule has 0 radical (unpaired) electrons. The van der Waals surface area contributed by atoms with Gasteiger partial charge >= 0.3 is 0 Å². The third-order valence-corrected chi connectivity index (χ3v) is 2.28. The van der Waals surface area contributed by atoms with Gasteiger partial charge in [0.1, 0.15) is 12.4 Å². The zero-order valence-electron chi connectivity index (χ0n) is 6.30. The van der Waals surface area contributed by atoms with Crippen LogP contribution in [0.3, 0.4) is 0 Å². The molecule has 12 heavy (non-hydrogen) atoms. The predicted octanol–water partition coefficient (Wildman–Crippen LogP) is 1.96. The quantitative estimate of drug-likeness (QED) is 0.715. The predicted molar refractivity (Wildman–Crippen MR) is 49.8 cm³/mol. The number of fused-ring (bicyclic) bond motifs is 1. The van der Waals surface area contributed by atoms with Gasteiger partial charge in [-0.25, -0.2) is 0 Å². The highest BCUT2D eigenvalue weighted by Gasteiger charge is 2.13. The van der Waals surface area contributed by atoms with E-state index in [1.807, 2.05) is 0 Å². The van der Waals surface area contributed by atoms with E-state index in [2.05, 4.69) is 21.2 Å². The molecule has 0 aliphatic carbocycles. The van der Waals surface area contributed by atoms with E-state index in [1.54, 1.807) is 12.1 Å². The van der Waals surface area contributed by atoms with E-state index in [1.165, 1.54) is 0 Å². The molecule has 1 aromatic rings. The standard InChI is InChI=1S/C8H8BrNO2/c9-6-3-5(11)4-7-8(6)12-2-1-10-7/h3-4,10-11H,1-2H2. The van der Waals surface area contributed by atoms with Crippen molar-refractivity contribution in [3.63, 3.8) is 0 Å². The Morgan fingerprint density at radius 3 is 3.17 bits per heavy atom. The van der Waals surface area contributed by atoms with Crippen LogP contribution in [0.5, 0.6) is 11.5 Å². The Labute approximate surface area is 78.5 Å². The largest absolute Gasteiger partial charge is 0.508 e. The average Bonchev–Trinajstić information content (AvgIpc) is 2.04. The first-order valence-electron chi connectivity index (χ1n) is 3.66. The van der Waals surface area contributed by atoms with Gasteiger partial charge in [0.25, 0.3) is 0 Å². The lowest BCUT2D eigenvalue weighted by Crippen LogP contribution is -2.18. The first-order valence-corrected chi connectivity index (χ1v) is 4.46. The number of phenolic OH excluding ortho intramolecular Hbond substituents is 1. The van der Waals surface area contributed by atoms with Crippen LogP contribution in [-0.4, -0.2) is 18.3 Å². The number of hydrogen-bond donors (Lipinski definition) is 2. The molecule has 0 unspecified atom stereocenters. The van der Waals surface area contributed by atoms with Crippen LogP contribution >= 0.6 is 15.9 Å². The summed E-state index contributed by atoms with van der Waals surface area (Å²) in [6.45, 7) is 1.44. The zero-order valence-corrected chi connectivity index (χ0v) is 7.89. The molecule has 3 nitrogen and oxygen atoms in total. The molecule has 1 aromatic carbocycles. The molecule has 64 valence electrons. The van der Waals surface area contributed by atoms with E-state index < -0.39 is 0 Å². The van der Waals surface area contributed by atoms with E-state index in [0.717, 1.165) is 22.5 Å². The Bertz CT molecular complexity index is 314. The number of hydrogen-bond acceptors (Lipinski definition) is 3. The zero-order chi connectivity index (χ0) is 8.55. The SMILES string of the molecule is Oc1cc(Br)c2c(c1)NCCO2. The number of rotatable bonds is 0. The summed E-state index contributed by atoms with van der Waals surface area (Å²) >= 11 is 3.31. The molecule has 0 saturated carbocycles. The second-order valence-corrected chi connectivity index (χ2v) is 3.43. The van der Waals surface area contributed by atoms with E-state index in [0.29, 0.717) is 6.61 Å². The maximum absolute atomic E-state index is 9.24. The maximum Gasteiger partial charge on any atom is 0.156 e. The molecule has 4 heteroatoms. The lowest BCUT2D eigenvalue weighted by molar-refractivity contribution is 0.320. The Kier molecular flexibility index (Phi) is 1.84. The number of halogens is 1. The van der Waals surface area contributed by atoms with Crippen LogP contribution in [0.2, 0.25) is 0 Å². The molecule has 0 atom stereocenters. The van der Waals surface area contributed by atoms with Gasteiger partial charge in [-0.15, -0.1) is 0 Å². The van der Waals surface area contributed by atoms with Crippen molar-refractivity contribution >= 4 is 21.6 Å². The van der Waals surface area contributed by atoms with Crippen LogP contribution in [-0.2, 0) is 0 Å². The minimum Gasteiger partial charge on any atom is -0.508 e. The Morgan fingerprint density at radius 1 is 1.50 bits per heavy atom. The summed E-state index contributed by atoms with van der Waals surface area (Å²) in [6, 6.07) is 3.27. The highest BCUT2D eigenvalue weighted by Crippen LogP contribution is 2.38. The topological polar surface area (TPSA) is 41.5 Å². The van der Waals surface area contributed by atoms with Crippen molar-refractivity contribution in [3.8, 4) is 11.5 Å². The van der Waals surface area contributed by atoms with Crippen molar-refractivity contribution in [1.82, 2.24) is 0 Å². The number of anilines is 1. The van der Waals surface area contributed by atoms with Crippen LogP contribution in [0.15, 0.2) is 16.6 Å². The molecule has 2 rings (SSSR count). The van der Waals surface area contributed by atoms with E-state index in [-0.39, 0.29) is 5.75 Å². The first kappa shape index (κ1) is 7.73. The lowest BCUT2D eigenvalue weighted by atomic mass is 10.2. The number of benzene rings is 1. The van der Waals surface area contributed by atoms with Gasteiger partial charge < -0.3 is 15.2 Å². The van der Waals surface area contributed by atoms with Crippen LogP contribution in [0.1, 0.15) is 0 Å². The molecule has 1 heterocycles. The number of phenols is 1. The molecule has 0 bridgehead atoms. The smallest absolute Gasteiger partial charge is 0.156 e. The summed E-state index contributed by atoms with van der Waals surface area (Å²) < 4.78 is 6.17. The van der Waals surface area contributed by atoms with E-state index in [9.17, 15) is 5.11 Å². The number of ether oxygens (including phenoxy) is 1. The minimum atomic E-state index is 0.235. The summed E-state index contributed by atoms with van der Waals surface area (Å²) in [6.07, 6.45) is 0. The molecular weight excluding hydrogens is 222 g/mol. The monoisotopic (exact) mass is 229 g/mol. The van der Waals surface area contributed by atoms with Gasteiger partial charge in [-0.05, 0) is 22.0 Å². The van der Waals surface area contributed by atoms with Gasteiger partial charge in [-0.3, -0.25) is 0 Å². The Hall–Kier alpha value is -0.900. The number of nitrogens with one attached hydrogen (secondary N) is 1. The van der Waals surface area contributed by atoms with Gasteiger partial charge in [-0.1, -0.05) is 0 Å². The van der Waals surface area contributed by atoms with E-state index >= 15 is 0 Å². The maximum atomic E-state index is 9.24. The van der Waals surface area contributed by atoms with Crippen molar-refractivity contribution in [2.75, 3.05) is 18.5 Å². The average molecular weight is 230 g/mol. The van der Waals surface area contributed by atoms with E-state index in [4.69, 9.17) is 4.74 Å². The van der Waals surface area contributed by atoms with Crippen LogP contribution < -0.4 is 10.1 Å². The van der Waals surface area contributed by atoms with Gasteiger partial charge in [0.2, 0.25) is 0 Å². The molecule has 1 aliphatic heterocycles. The summed E-state index contributed by atoms with van der Waals surface area (Å²) in [4.78, 5) is 0. The molecule has 0 amide bonds. The first-order chi connectivity index (χ1) is 5.77. The van der Waals surface area contributed by atoms with Crippen LogP contribution in [0.25, 0.3) is 0 Å². The fraction of sp³-hybridized carbons (Fsp3) is 0.250. The minimum absolute atomic E-state index is 0.235. The van der Waals surface area contributed by atoms with Crippen LogP contribution in [0.4, 0.5) is 5.69 Å². The van der Waals surface area contributed by atoms with Gasteiger partial charge in [0, 0.05) is 12.6 Å². The second kappa shape index (κ2) is 2.86. The molecule has 0 fully saturated rings. The second-order valence-electron chi connectivity index (χ2n) is 2.58. The fourth-order valence-corrected chi connectivity index (χ4v) is 1.76. The summed E-state index contributed by atoms with van der Waals surface area (Å²) in [5.41, 5.74) is 0.841. The van der Waals surface area contributed by atoms with Crippen molar-refractivity contribution in [2.24, 2.45) is 0 Å². The van der Waals surface area contributed by atoms with Crippen molar-refractivity contribution < 1.29 is 9.84 Å².